The van der Waals surface area contributed by atoms with Crippen LogP contribution in [0.5, 0.6) is 0 Å². The maximum Gasteiger partial charge on any atom is 0.355 e. The van der Waals surface area contributed by atoms with E-state index in [1.165, 1.54) is 0 Å². The van der Waals surface area contributed by atoms with Crippen LogP contribution in [0.25, 0.3) is 0 Å². The molecule has 1 aromatic rings. The normalized spacial score (nSPS) is 11.5. The van der Waals surface area contributed by atoms with Crippen molar-refractivity contribution < 1.29 is 23.9 Å². The third-order valence-electron chi connectivity index (χ3n) is 2.44. The molecule has 5 heteroatoms. The average Bonchev–Trinajstić information content (AvgIpc) is 2.44. The third-order valence-corrected chi connectivity index (χ3v) is 2.44. The smallest absolute Gasteiger partial charge is 0.355 e. The lowest BCUT2D eigenvalue weighted by molar-refractivity contribution is -0.155. The summed E-state index contributed by atoms with van der Waals surface area (Å²) in [6.45, 7) is 1.80. The van der Waals surface area contributed by atoms with Crippen LogP contribution >= 0.6 is 0 Å². The number of benzene rings is 1. The van der Waals surface area contributed by atoms with Gasteiger partial charge in [-0.3, -0.25) is 4.79 Å². The Labute approximate surface area is 111 Å². The van der Waals surface area contributed by atoms with Crippen molar-refractivity contribution in [2.24, 2.45) is 0 Å². The summed E-state index contributed by atoms with van der Waals surface area (Å²) in [7, 11) is 1.14. The monoisotopic (exact) mass is 264 g/mol. The molecule has 0 spiro atoms. The van der Waals surface area contributed by atoms with Gasteiger partial charge in [0, 0.05) is 6.42 Å². The Morgan fingerprint density at radius 3 is 2.32 bits per heavy atom. The number of methoxy groups -OCH3 is 1. The third kappa shape index (κ3) is 4.21. The molecule has 1 rings (SSSR count). The van der Waals surface area contributed by atoms with E-state index in [1.807, 2.05) is 0 Å². The molecular formula is C14H16O5. The van der Waals surface area contributed by atoms with Crippen LogP contribution in [0.3, 0.4) is 0 Å². The lowest BCUT2D eigenvalue weighted by Gasteiger charge is -2.14. The Morgan fingerprint density at radius 2 is 1.79 bits per heavy atom. The maximum absolute atomic E-state index is 11.8. The Kier molecular flexibility index (Phi) is 5.73. The van der Waals surface area contributed by atoms with E-state index in [4.69, 9.17) is 4.74 Å². The maximum atomic E-state index is 11.8. The van der Waals surface area contributed by atoms with E-state index in [9.17, 15) is 14.4 Å². The minimum atomic E-state index is -1.49. The molecule has 0 saturated carbocycles. The molecule has 1 unspecified atom stereocenters. The quantitative estimate of drug-likeness (QED) is 0.578. The fourth-order valence-corrected chi connectivity index (χ4v) is 1.48. The summed E-state index contributed by atoms with van der Waals surface area (Å²) in [6.07, 6.45) is -0.769. The molecule has 0 aromatic heterocycles. The zero-order valence-electron chi connectivity index (χ0n) is 10.9. The Balaban J connectivity index is 2.80. The molecule has 0 aliphatic heterocycles. The average molecular weight is 264 g/mol. The van der Waals surface area contributed by atoms with Crippen molar-refractivity contribution in [3.63, 3.8) is 0 Å². The summed E-state index contributed by atoms with van der Waals surface area (Å²) >= 11 is 0. The van der Waals surface area contributed by atoms with Gasteiger partial charge in [-0.25, -0.2) is 9.59 Å². The minimum Gasteiger partial charge on any atom is -0.466 e. The molecule has 0 heterocycles. The van der Waals surface area contributed by atoms with E-state index in [-0.39, 0.29) is 12.0 Å². The minimum absolute atomic E-state index is 0.155. The van der Waals surface area contributed by atoms with Crippen LogP contribution in [0.4, 0.5) is 0 Å². The number of rotatable bonds is 6. The number of carbonyl (C=O) groups is 3. The topological polar surface area (TPSA) is 69.7 Å². The summed E-state index contributed by atoms with van der Waals surface area (Å²) in [5, 5.41) is 0. The Bertz CT molecular complexity index is 452. The number of carbonyl (C=O) groups excluding carboxylic acids is 3. The van der Waals surface area contributed by atoms with Crippen molar-refractivity contribution in [3.8, 4) is 0 Å². The van der Waals surface area contributed by atoms with Gasteiger partial charge in [0.25, 0.3) is 6.10 Å². The molecule has 19 heavy (non-hydrogen) atoms. The second-order valence-electron chi connectivity index (χ2n) is 3.89. The van der Waals surface area contributed by atoms with Gasteiger partial charge in [-0.05, 0) is 18.6 Å². The first-order chi connectivity index (χ1) is 9.10. The van der Waals surface area contributed by atoms with Gasteiger partial charge >= 0.3 is 11.9 Å². The molecule has 0 bridgehead atoms. The van der Waals surface area contributed by atoms with Crippen molar-refractivity contribution in [1.29, 1.82) is 0 Å². The zero-order chi connectivity index (χ0) is 14.3. The van der Waals surface area contributed by atoms with Gasteiger partial charge in [-0.15, -0.1) is 0 Å². The second kappa shape index (κ2) is 7.31. The number of esters is 2. The molecule has 0 radical (unpaired) electrons. The predicted octanol–water partition coefficient (Wildman–Crippen LogP) is 1.75. The SMILES string of the molecule is CCCC(=O)C(OC(=O)c1ccccc1)C(=O)OC. The van der Waals surface area contributed by atoms with Gasteiger partial charge in [-0.1, -0.05) is 25.1 Å². The van der Waals surface area contributed by atoms with Crippen molar-refractivity contribution in [2.75, 3.05) is 7.11 Å². The highest BCUT2D eigenvalue weighted by Gasteiger charge is 2.31. The van der Waals surface area contributed by atoms with Crippen LogP contribution in [0, 0.1) is 0 Å². The number of hydrogen-bond acceptors (Lipinski definition) is 5. The van der Waals surface area contributed by atoms with E-state index < -0.39 is 23.8 Å². The predicted molar refractivity (Wildman–Crippen MR) is 67.6 cm³/mol. The van der Waals surface area contributed by atoms with Gasteiger partial charge in [0.2, 0.25) is 0 Å². The van der Waals surface area contributed by atoms with Crippen LogP contribution < -0.4 is 0 Å². The number of ketones is 1. The number of ether oxygens (including phenoxy) is 2. The van der Waals surface area contributed by atoms with E-state index in [0.29, 0.717) is 6.42 Å². The molecule has 0 saturated heterocycles. The van der Waals surface area contributed by atoms with Crippen LogP contribution in [0.1, 0.15) is 30.1 Å². The highest BCUT2D eigenvalue weighted by atomic mass is 16.6. The van der Waals surface area contributed by atoms with Crippen molar-refractivity contribution >= 4 is 17.7 Å². The van der Waals surface area contributed by atoms with Crippen molar-refractivity contribution in [1.82, 2.24) is 0 Å². The van der Waals surface area contributed by atoms with Crippen LogP contribution in [0.2, 0.25) is 0 Å². The largest absolute Gasteiger partial charge is 0.466 e. The Hall–Kier alpha value is -2.17. The molecule has 5 nitrogen and oxygen atoms in total. The molecule has 0 aliphatic rings. The molecule has 0 amide bonds. The molecule has 1 atom stereocenters. The first-order valence-electron chi connectivity index (χ1n) is 5.96. The first kappa shape index (κ1) is 14.9. The highest BCUT2D eigenvalue weighted by molar-refractivity contribution is 6.04. The second-order valence-corrected chi connectivity index (χ2v) is 3.89. The van der Waals surface area contributed by atoms with Crippen LogP contribution in [0.15, 0.2) is 30.3 Å². The zero-order valence-corrected chi connectivity index (χ0v) is 10.9. The van der Waals surface area contributed by atoms with Gasteiger partial charge < -0.3 is 9.47 Å². The fourth-order valence-electron chi connectivity index (χ4n) is 1.48. The van der Waals surface area contributed by atoms with Gasteiger partial charge in [-0.2, -0.15) is 0 Å². The van der Waals surface area contributed by atoms with Gasteiger partial charge in [0.05, 0.1) is 12.7 Å². The summed E-state index contributed by atoms with van der Waals surface area (Å²) in [5.41, 5.74) is 0.278. The lowest BCUT2D eigenvalue weighted by atomic mass is 10.1. The fraction of sp³-hybridized carbons (Fsp3) is 0.357. The van der Waals surface area contributed by atoms with E-state index in [1.54, 1.807) is 37.3 Å². The Morgan fingerprint density at radius 1 is 1.16 bits per heavy atom. The van der Waals surface area contributed by atoms with Crippen LogP contribution in [-0.2, 0) is 19.1 Å². The van der Waals surface area contributed by atoms with Crippen molar-refractivity contribution in [3.05, 3.63) is 35.9 Å². The van der Waals surface area contributed by atoms with E-state index in [0.717, 1.165) is 7.11 Å². The highest BCUT2D eigenvalue weighted by Crippen LogP contribution is 2.08. The lowest BCUT2D eigenvalue weighted by Crippen LogP contribution is -2.36. The molecule has 0 N–H and O–H groups in total. The standard InChI is InChI=1S/C14H16O5/c1-3-7-11(15)12(14(17)18-2)19-13(16)10-8-5-4-6-9-10/h4-6,8-9,12H,3,7H2,1-2H3. The molecule has 102 valence electrons. The summed E-state index contributed by atoms with van der Waals surface area (Å²) in [5.74, 6) is -2.04. The molecule has 1 aromatic carbocycles. The van der Waals surface area contributed by atoms with Gasteiger partial charge in [0.15, 0.2) is 5.78 Å². The number of hydrogen-bond donors (Lipinski definition) is 0. The summed E-state index contributed by atoms with van der Waals surface area (Å²) in [6, 6.07) is 8.16. The van der Waals surface area contributed by atoms with Crippen molar-refractivity contribution in [2.45, 2.75) is 25.9 Å². The summed E-state index contributed by atoms with van der Waals surface area (Å²) in [4.78, 5) is 35.0. The van der Waals surface area contributed by atoms with E-state index >= 15 is 0 Å². The van der Waals surface area contributed by atoms with Crippen LogP contribution in [-0.4, -0.2) is 30.9 Å². The molecule has 0 aliphatic carbocycles. The number of Topliss-reactive ketones (excluding diaryl/α,β-unsaturated/α-hetero) is 1. The summed E-state index contributed by atoms with van der Waals surface area (Å²) < 4.78 is 9.42. The molecular weight excluding hydrogens is 248 g/mol. The van der Waals surface area contributed by atoms with Gasteiger partial charge in [0.1, 0.15) is 0 Å². The van der Waals surface area contributed by atoms with E-state index in [2.05, 4.69) is 4.74 Å². The molecule has 0 fully saturated rings. The first-order valence-corrected chi connectivity index (χ1v) is 5.96.